The number of anilines is 1. The molecule has 0 radical (unpaired) electrons. The maximum Gasteiger partial charge on any atom is 0.319 e. The van der Waals surface area contributed by atoms with E-state index in [4.69, 9.17) is 4.74 Å². The summed E-state index contributed by atoms with van der Waals surface area (Å²) in [7, 11) is 0. The number of urea groups is 1. The van der Waals surface area contributed by atoms with Crippen molar-refractivity contribution >= 4 is 11.7 Å². The van der Waals surface area contributed by atoms with Gasteiger partial charge in [-0.2, -0.15) is 0 Å². The zero-order valence-electron chi connectivity index (χ0n) is 12.3. The smallest absolute Gasteiger partial charge is 0.319 e. The fourth-order valence-corrected chi connectivity index (χ4v) is 1.88. The van der Waals surface area contributed by atoms with E-state index in [0.717, 1.165) is 18.4 Å². The van der Waals surface area contributed by atoms with Crippen LogP contribution in [0.2, 0.25) is 0 Å². The molecule has 0 aliphatic heterocycles. The Hall–Kier alpha value is -2.01. The highest BCUT2D eigenvalue weighted by Crippen LogP contribution is 2.44. The van der Waals surface area contributed by atoms with Gasteiger partial charge >= 0.3 is 6.03 Å². The van der Waals surface area contributed by atoms with Gasteiger partial charge in [0, 0.05) is 23.7 Å². The standard InChI is InChI=1S/C16H22N2O3/c1-12(2)9-21-14-5-3-4-13(8-14)18-15(20)17-10-16(11-19)6-7-16/h3-5,8,19H,1,6-7,9-11H2,2H3,(H2,17,18,20). The molecule has 1 aromatic carbocycles. The largest absolute Gasteiger partial charge is 0.489 e. The van der Waals surface area contributed by atoms with Crippen LogP contribution in [-0.2, 0) is 0 Å². The van der Waals surface area contributed by atoms with Gasteiger partial charge in [0.25, 0.3) is 0 Å². The molecule has 1 aliphatic carbocycles. The first kappa shape index (κ1) is 15.4. The SMILES string of the molecule is C=C(C)COc1cccc(NC(=O)NCC2(CO)CC2)c1. The third-order valence-electron chi connectivity index (χ3n) is 3.49. The Bertz CT molecular complexity index is 524. The quantitative estimate of drug-likeness (QED) is 0.676. The molecule has 2 rings (SSSR count). The topological polar surface area (TPSA) is 70.6 Å². The number of nitrogens with one attached hydrogen (secondary N) is 2. The van der Waals surface area contributed by atoms with Gasteiger partial charge in [0.1, 0.15) is 12.4 Å². The van der Waals surface area contributed by atoms with Crippen molar-refractivity contribution < 1.29 is 14.6 Å². The van der Waals surface area contributed by atoms with Crippen molar-refractivity contribution in [1.29, 1.82) is 0 Å². The molecule has 3 N–H and O–H groups in total. The average molecular weight is 290 g/mol. The van der Waals surface area contributed by atoms with Gasteiger partial charge in [-0.15, -0.1) is 0 Å². The molecule has 1 aromatic rings. The minimum Gasteiger partial charge on any atom is -0.489 e. The third-order valence-corrected chi connectivity index (χ3v) is 3.49. The molecule has 0 saturated heterocycles. The number of benzene rings is 1. The molecule has 2 amide bonds. The number of hydrogen-bond acceptors (Lipinski definition) is 3. The van der Waals surface area contributed by atoms with Gasteiger partial charge in [-0.1, -0.05) is 12.6 Å². The summed E-state index contributed by atoms with van der Waals surface area (Å²) >= 11 is 0. The molecule has 0 heterocycles. The lowest BCUT2D eigenvalue weighted by Crippen LogP contribution is -2.35. The molecule has 5 heteroatoms. The van der Waals surface area contributed by atoms with E-state index in [1.165, 1.54) is 0 Å². The molecule has 0 unspecified atom stereocenters. The van der Waals surface area contributed by atoms with E-state index in [2.05, 4.69) is 17.2 Å². The van der Waals surface area contributed by atoms with Crippen molar-refractivity contribution in [3.05, 3.63) is 36.4 Å². The van der Waals surface area contributed by atoms with Gasteiger partial charge in [0.2, 0.25) is 0 Å². The normalized spacial score (nSPS) is 15.1. The molecule has 21 heavy (non-hydrogen) atoms. The second-order valence-electron chi connectivity index (χ2n) is 5.74. The van der Waals surface area contributed by atoms with Crippen LogP contribution in [0.4, 0.5) is 10.5 Å². The van der Waals surface area contributed by atoms with E-state index in [1.807, 2.05) is 19.1 Å². The molecule has 0 aromatic heterocycles. The first-order valence-corrected chi connectivity index (χ1v) is 7.06. The fourth-order valence-electron chi connectivity index (χ4n) is 1.88. The van der Waals surface area contributed by atoms with E-state index >= 15 is 0 Å². The van der Waals surface area contributed by atoms with E-state index in [0.29, 0.717) is 24.6 Å². The highest BCUT2D eigenvalue weighted by atomic mass is 16.5. The molecular formula is C16H22N2O3. The average Bonchev–Trinajstić information content (AvgIpc) is 3.24. The molecule has 1 saturated carbocycles. The summed E-state index contributed by atoms with van der Waals surface area (Å²) in [5, 5.41) is 14.8. The van der Waals surface area contributed by atoms with Crippen LogP contribution in [0.3, 0.4) is 0 Å². The van der Waals surface area contributed by atoms with Crippen molar-refractivity contribution in [2.75, 3.05) is 25.1 Å². The monoisotopic (exact) mass is 290 g/mol. The second kappa shape index (κ2) is 6.63. The number of amides is 2. The summed E-state index contributed by atoms with van der Waals surface area (Å²) in [6.07, 6.45) is 1.93. The Kier molecular flexibility index (Phi) is 4.85. The minimum atomic E-state index is -0.272. The predicted molar refractivity (Wildman–Crippen MR) is 82.5 cm³/mol. The highest BCUT2D eigenvalue weighted by Gasteiger charge is 2.42. The zero-order chi connectivity index (χ0) is 15.3. The van der Waals surface area contributed by atoms with E-state index in [9.17, 15) is 9.90 Å². The molecule has 0 spiro atoms. The second-order valence-corrected chi connectivity index (χ2v) is 5.74. The number of ether oxygens (including phenoxy) is 1. The van der Waals surface area contributed by atoms with Crippen molar-refractivity contribution in [1.82, 2.24) is 5.32 Å². The summed E-state index contributed by atoms with van der Waals surface area (Å²) in [5.41, 5.74) is 1.51. The van der Waals surface area contributed by atoms with Crippen LogP contribution in [0.15, 0.2) is 36.4 Å². The maximum absolute atomic E-state index is 11.8. The van der Waals surface area contributed by atoms with Gasteiger partial charge in [-0.25, -0.2) is 4.79 Å². The molecule has 0 atom stereocenters. The molecular weight excluding hydrogens is 268 g/mol. The molecule has 0 bridgehead atoms. The summed E-state index contributed by atoms with van der Waals surface area (Å²) in [5.74, 6) is 0.685. The van der Waals surface area contributed by atoms with Gasteiger partial charge in [-0.05, 0) is 37.5 Å². The third kappa shape index (κ3) is 4.79. The van der Waals surface area contributed by atoms with Gasteiger partial charge in [0.05, 0.1) is 6.61 Å². The number of carbonyl (C=O) groups is 1. The van der Waals surface area contributed by atoms with Crippen molar-refractivity contribution in [2.45, 2.75) is 19.8 Å². The number of carbonyl (C=O) groups excluding carboxylic acids is 1. The van der Waals surface area contributed by atoms with Crippen molar-refractivity contribution in [2.24, 2.45) is 5.41 Å². The first-order valence-electron chi connectivity index (χ1n) is 7.06. The van der Waals surface area contributed by atoms with Crippen LogP contribution in [0.5, 0.6) is 5.75 Å². The lowest BCUT2D eigenvalue weighted by Gasteiger charge is -2.14. The number of rotatable bonds is 7. The van der Waals surface area contributed by atoms with Crippen LogP contribution < -0.4 is 15.4 Å². The van der Waals surface area contributed by atoms with E-state index in [-0.39, 0.29) is 18.1 Å². The fraction of sp³-hybridized carbons (Fsp3) is 0.438. The number of hydrogen-bond donors (Lipinski definition) is 3. The Morgan fingerprint density at radius 2 is 2.24 bits per heavy atom. The molecule has 1 aliphatic rings. The van der Waals surface area contributed by atoms with Gasteiger partial charge in [0.15, 0.2) is 0 Å². The first-order chi connectivity index (χ1) is 10.0. The maximum atomic E-state index is 11.8. The molecule has 1 fully saturated rings. The van der Waals surface area contributed by atoms with Crippen LogP contribution in [0.1, 0.15) is 19.8 Å². The van der Waals surface area contributed by atoms with Crippen molar-refractivity contribution in [3.8, 4) is 5.75 Å². The molecule has 5 nitrogen and oxygen atoms in total. The van der Waals surface area contributed by atoms with Crippen LogP contribution >= 0.6 is 0 Å². The minimum absolute atomic E-state index is 0.0935. The van der Waals surface area contributed by atoms with Crippen molar-refractivity contribution in [3.63, 3.8) is 0 Å². The van der Waals surface area contributed by atoms with Crippen LogP contribution in [-0.4, -0.2) is 30.9 Å². The number of aliphatic hydroxyl groups excluding tert-OH is 1. The van der Waals surface area contributed by atoms with Crippen LogP contribution in [0.25, 0.3) is 0 Å². The molecule has 114 valence electrons. The predicted octanol–water partition coefficient (Wildman–Crippen LogP) is 2.54. The highest BCUT2D eigenvalue weighted by molar-refractivity contribution is 5.89. The van der Waals surface area contributed by atoms with E-state index in [1.54, 1.807) is 12.1 Å². The summed E-state index contributed by atoms with van der Waals surface area (Å²) in [4.78, 5) is 11.8. The van der Waals surface area contributed by atoms with Gasteiger partial charge in [-0.3, -0.25) is 0 Å². The lowest BCUT2D eigenvalue weighted by molar-refractivity contribution is 0.206. The summed E-state index contributed by atoms with van der Waals surface area (Å²) in [6.45, 7) is 6.75. The van der Waals surface area contributed by atoms with Crippen LogP contribution in [0, 0.1) is 5.41 Å². The number of aliphatic hydroxyl groups is 1. The Morgan fingerprint density at radius 1 is 1.48 bits per heavy atom. The van der Waals surface area contributed by atoms with E-state index < -0.39 is 0 Å². The van der Waals surface area contributed by atoms with Gasteiger partial charge < -0.3 is 20.5 Å². The summed E-state index contributed by atoms with van der Waals surface area (Å²) < 4.78 is 5.53. The lowest BCUT2D eigenvalue weighted by atomic mass is 10.1. The zero-order valence-corrected chi connectivity index (χ0v) is 12.3. The Labute approximate surface area is 125 Å². The Balaban J connectivity index is 1.82. The Morgan fingerprint density at radius 3 is 2.86 bits per heavy atom. The summed E-state index contributed by atoms with van der Waals surface area (Å²) in [6, 6.07) is 6.94.